The third kappa shape index (κ3) is 4.02. The largest absolute Gasteiger partial charge is 0.396 e. The van der Waals surface area contributed by atoms with Gasteiger partial charge in [0.2, 0.25) is 0 Å². The van der Waals surface area contributed by atoms with E-state index in [9.17, 15) is 13.9 Å². The molecule has 0 aliphatic rings. The monoisotopic (exact) mass is 296 g/mol. The highest BCUT2D eigenvalue weighted by Crippen LogP contribution is 2.20. The Labute approximate surface area is 121 Å². The van der Waals surface area contributed by atoms with Gasteiger partial charge in [-0.3, -0.25) is 0 Å². The first-order valence-corrected chi connectivity index (χ1v) is 6.75. The Hall–Kier alpha value is -1.45. The van der Waals surface area contributed by atoms with Crippen LogP contribution in [0.25, 0.3) is 0 Å². The van der Waals surface area contributed by atoms with E-state index in [1.54, 1.807) is 24.3 Å². The average Bonchev–Trinajstić information content (AvgIpc) is 2.41. The van der Waals surface area contributed by atoms with Gasteiger partial charge in [-0.15, -0.1) is 0 Å². The number of aliphatic hydroxyl groups excluding tert-OH is 1. The van der Waals surface area contributed by atoms with Gasteiger partial charge in [-0.1, -0.05) is 29.8 Å². The maximum atomic E-state index is 13.7. The number of hydrogen-bond donors (Lipinski definition) is 1. The van der Waals surface area contributed by atoms with Crippen molar-refractivity contribution in [2.45, 2.75) is 12.8 Å². The van der Waals surface area contributed by atoms with Crippen molar-refractivity contribution >= 4 is 11.6 Å². The van der Waals surface area contributed by atoms with Crippen LogP contribution >= 0.6 is 11.6 Å². The van der Waals surface area contributed by atoms with Gasteiger partial charge in [0.15, 0.2) is 0 Å². The van der Waals surface area contributed by atoms with Crippen LogP contribution < -0.4 is 0 Å². The maximum Gasteiger partial charge on any atom is 0.127 e. The molecule has 1 atom stereocenters. The minimum Gasteiger partial charge on any atom is -0.396 e. The Morgan fingerprint density at radius 3 is 2.50 bits per heavy atom. The summed E-state index contributed by atoms with van der Waals surface area (Å²) in [6, 6.07) is 10.7. The Morgan fingerprint density at radius 1 is 1.05 bits per heavy atom. The number of halogens is 3. The van der Waals surface area contributed by atoms with Gasteiger partial charge in [0.05, 0.1) is 0 Å². The maximum absolute atomic E-state index is 13.7. The lowest BCUT2D eigenvalue weighted by molar-refractivity contribution is 0.224. The van der Waals surface area contributed by atoms with E-state index in [1.807, 2.05) is 0 Å². The average molecular weight is 297 g/mol. The van der Waals surface area contributed by atoms with Gasteiger partial charge in [-0.2, -0.15) is 0 Å². The highest BCUT2D eigenvalue weighted by Gasteiger charge is 2.13. The van der Waals surface area contributed by atoms with Crippen molar-refractivity contribution in [3.8, 4) is 0 Å². The summed E-state index contributed by atoms with van der Waals surface area (Å²) in [6.45, 7) is -0.0847. The molecule has 1 nitrogen and oxygen atoms in total. The number of benzene rings is 2. The molecule has 1 N–H and O–H groups in total. The van der Waals surface area contributed by atoms with Crippen LogP contribution in [0.15, 0.2) is 42.5 Å². The first kappa shape index (κ1) is 14.9. The van der Waals surface area contributed by atoms with Crippen molar-refractivity contribution in [3.05, 3.63) is 70.2 Å². The summed E-state index contributed by atoms with van der Waals surface area (Å²) in [5.41, 5.74) is 1.29. The molecule has 0 bridgehead atoms. The zero-order chi connectivity index (χ0) is 14.5. The van der Waals surface area contributed by atoms with Crippen LogP contribution in [0.1, 0.15) is 11.1 Å². The molecule has 0 fully saturated rings. The first-order chi connectivity index (χ1) is 9.58. The quantitative estimate of drug-likeness (QED) is 0.884. The van der Waals surface area contributed by atoms with Crippen molar-refractivity contribution in [1.82, 2.24) is 0 Å². The highest BCUT2D eigenvalue weighted by molar-refractivity contribution is 6.30. The second-order valence-corrected chi connectivity index (χ2v) is 5.26. The second kappa shape index (κ2) is 6.82. The van der Waals surface area contributed by atoms with Gasteiger partial charge < -0.3 is 5.11 Å². The molecule has 1 unspecified atom stereocenters. The van der Waals surface area contributed by atoms with Gasteiger partial charge in [0, 0.05) is 11.6 Å². The Morgan fingerprint density at radius 2 is 1.85 bits per heavy atom. The smallest absolute Gasteiger partial charge is 0.127 e. The van der Waals surface area contributed by atoms with E-state index in [0.717, 1.165) is 5.56 Å². The molecule has 0 saturated heterocycles. The zero-order valence-electron chi connectivity index (χ0n) is 10.8. The van der Waals surface area contributed by atoms with Crippen LogP contribution in [0, 0.1) is 17.6 Å². The van der Waals surface area contributed by atoms with E-state index in [2.05, 4.69) is 0 Å². The lowest BCUT2D eigenvalue weighted by Gasteiger charge is -2.15. The molecule has 0 spiro atoms. The van der Waals surface area contributed by atoms with Gasteiger partial charge in [0.1, 0.15) is 11.6 Å². The summed E-state index contributed by atoms with van der Waals surface area (Å²) < 4.78 is 26.8. The van der Waals surface area contributed by atoms with Gasteiger partial charge >= 0.3 is 0 Å². The molecular formula is C16H15ClF2O. The molecule has 0 radical (unpaired) electrons. The van der Waals surface area contributed by atoms with Gasteiger partial charge in [0.25, 0.3) is 0 Å². The second-order valence-electron chi connectivity index (χ2n) is 4.82. The number of rotatable bonds is 5. The summed E-state index contributed by atoms with van der Waals surface area (Å²) in [6.07, 6.45) is 0.881. The Balaban J connectivity index is 2.09. The molecule has 0 amide bonds. The third-order valence-corrected chi connectivity index (χ3v) is 3.43. The van der Waals surface area contributed by atoms with Crippen molar-refractivity contribution in [2.24, 2.45) is 5.92 Å². The van der Waals surface area contributed by atoms with E-state index in [4.69, 9.17) is 11.6 Å². The van der Waals surface area contributed by atoms with Gasteiger partial charge in [-0.25, -0.2) is 8.78 Å². The standard InChI is InChI=1S/C16H15ClF2O/c17-14-5-4-13(16(19)9-14)7-12(10-20)6-11-2-1-3-15(18)8-11/h1-5,8-9,12,20H,6-7,10H2. The summed E-state index contributed by atoms with van der Waals surface area (Å²) in [5, 5.41) is 9.77. The topological polar surface area (TPSA) is 20.2 Å². The summed E-state index contributed by atoms with van der Waals surface area (Å²) >= 11 is 5.70. The van der Waals surface area contributed by atoms with Crippen LogP contribution in [0.2, 0.25) is 5.02 Å². The Kier molecular flexibility index (Phi) is 5.10. The van der Waals surface area contributed by atoms with Crippen molar-refractivity contribution in [1.29, 1.82) is 0 Å². The molecular weight excluding hydrogens is 282 g/mol. The fourth-order valence-corrected chi connectivity index (χ4v) is 2.36. The lowest BCUT2D eigenvalue weighted by atomic mass is 9.93. The summed E-state index contributed by atoms with van der Waals surface area (Å²) in [7, 11) is 0. The minimum atomic E-state index is -0.379. The van der Waals surface area contributed by atoms with Crippen LogP contribution in [-0.4, -0.2) is 11.7 Å². The summed E-state index contributed by atoms with van der Waals surface area (Å²) in [4.78, 5) is 0. The van der Waals surface area contributed by atoms with Crippen LogP contribution in [-0.2, 0) is 12.8 Å². The van der Waals surface area contributed by atoms with E-state index >= 15 is 0 Å². The third-order valence-electron chi connectivity index (χ3n) is 3.20. The lowest BCUT2D eigenvalue weighted by Crippen LogP contribution is -2.14. The van der Waals surface area contributed by atoms with E-state index in [-0.39, 0.29) is 24.2 Å². The molecule has 20 heavy (non-hydrogen) atoms. The molecule has 2 aromatic rings. The molecule has 0 aromatic heterocycles. The molecule has 0 aliphatic heterocycles. The van der Waals surface area contributed by atoms with E-state index in [0.29, 0.717) is 23.4 Å². The van der Waals surface area contributed by atoms with Crippen molar-refractivity contribution < 1.29 is 13.9 Å². The molecule has 2 aromatic carbocycles. The van der Waals surface area contributed by atoms with Crippen molar-refractivity contribution in [3.63, 3.8) is 0 Å². The predicted molar refractivity (Wildman–Crippen MR) is 75.8 cm³/mol. The van der Waals surface area contributed by atoms with E-state index in [1.165, 1.54) is 18.2 Å². The summed E-state index contributed by atoms with van der Waals surface area (Å²) in [5.74, 6) is -0.848. The van der Waals surface area contributed by atoms with E-state index < -0.39 is 0 Å². The number of hydrogen-bond acceptors (Lipinski definition) is 1. The van der Waals surface area contributed by atoms with Crippen molar-refractivity contribution in [2.75, 3.05) is 6.61 Å². The fraction of sp³-hybridized carbons (Fsp3) is 0.250. The molecule has 106 valence electrons. The van der Waals surface area contributed by atoms with Gasteiger partial charge in [-0.05, 0) is 54.2 Å². The zero-order valence-corrected chi connectivity index (χ0v) is 11.6. The van der Waals surface area contributed by atoms with Crippen LogP contribution in [0.4, 0.5) is 8.78 Å². The molecule has 0 aliphatic carbocycles. The van der Waals surface area contributed by atoms with Crippen LogP contribution in [0.5, 0.6) is 0 Å². The van der Waals surface area contributed by atoms with Crippen LogP contribution in [0.3, 0.4) is 0 Å². The number of aliphatic hydroxyl groups is 1. The SMILES string of the molecule is OCC(Cc1cccc(F)c1)Cc1ccc(Cl)cc1F. The predicted octanol–water partition coefficient (Wildman–Crippen LogP) is 4.01. The Bertz CT molecular complexity index is 586. The minimum absolute atomic E-state index is 0.0847. The molecule has 0 saturated carbocycles. The fourth-order valence-electron chi connectivity index (χ4n) is 2.20. The first-order valence-electron chi connectivity index (χ1n) is 6.37. The highest BCUT2D eigenvalue weighted by atomic mass is 35.5. The normalized spacial score (nSPS) is 12.4. The molecule has 4 heteroatoms. The molecule has 2 rings (SSSR count). The molecule has 0 heterocycles.